The third-order valence-corrected chi connectivity index (χ3v) is 6.15. The molecule has 0 saturated heterocycles. The Balaban J connectivity index is 2.15. The summed E-state index contributed by atoms with van der Waals surface area (Å²) in [6.45, 7) is -0.298. The number of alkyl halides is 6. The zero-order valence-corrected chi connectivity index (χ0v) is 20.8. The highest BCUT2D eigenvalue weighted by atomic mass is 35.5. The number of nitrogens with one attached hydrogen (secondary N) is 2. The molecule has 0 aliphatic carbocycles. The van der Waals surface area contributed by atoms with E-state index < -0.39 is 37.3 Å². The topological polar surface area (TPSA) is 41.1 Å². The van der Waals surface area contributed by atoms with Crippen molar-refractivity contribution < 1.29 is 31.1 Å². The Morgan fingerprint density at radius 3 is 2.14 bits per heavy atom. The second-order valence-corrected chi connectivity index (χ2v) is 8.93. The molecule has 190 valence electrons. The van der Waals surface area contributed by atoms with Gasteiger partial charge in [0, 0.05) is 5.56 Å². The van der Waals surface area contributed by atoms with Crippen molar-refractivity contribution in [2.24, 2.45) is 0 Å². The molecule has 1 unspecified atom stereocenters. The number of hydrogen-bond donors (Lipinski definition) is 2. The number of rotatable bonds is 7. The van der Waals surface area contributed by atoms with Gasteiger partial charge in [-0.2, -0.15) is 26.3 Å². The summed E-state index contributed by atoms with van der Waals surface area (Å²) in [6, 6.07) is 6.80. The van der Waals surface area contributed by atoms with E-state index in [9.17, 15) is 31.1 Å². The molecule has 0 aromatic heterocycles. The third kappa shape index (κ3) is 8.86. The Kier molecular flexibility index (Phi) is 9.87. The van der Waals surface area contributed by atoms with Crippen LogP contribution < -0.4 is 10.6 Å². The smallest absolute Gasteiger partial charge is 0.367 e. The van der Waals surface area contributed by atoms with Gasteiger partial charge in [0.15, 0.2) is 0 Å². The molecule has 3 nitrogen and oxygen atoms in total. The summed E-state index contributed by atoms with van der Waals surface area (Å²) in [5.74, 6) is -2.91. The van der Waals surface area contributed by atoms with E-state index in [0.29, 0.717) is 16.7 Å². The zero-order valence-electron chi connectivity index (χ0n) is 17.8. The Morgan fingerprint density at radius 2 is 1.63 bits per heavy atom. The summed E-state index contributed by atoms with van der Waals surface area (Å²) in [5, 5.41) is 4.00. The Bertz CT molecular complexity index is 1110. The molecule has 2 N–H and O–H groups in total. The van der Waals surface area contributed by atoms with Crippen molar-refractivity contribution in [3.05, 3.63) is 73.7 Å². The van der Waals surface area contributed by atoms with Crippen LogP contribution in [-0.4, -0.2) is 36.3 Å². The molecule has 0 spiro atoms. The number of allylic oxidation sites excluding steroid dienone is 1. The number of halogens is 9. The summed E-state index contributed by atoms with van der Waals surface area (Å²) in [4.78, 5) is 11.6. The number of hydrogen-bond acceptors (Lipinski definition) is 2. The van der Waals surface area contributed by atoms with E-state index in [4.69, 9.17) is 47.0 Å². The fourth-order valence-corrected chi connectivity index (χ4v) is 3.85. The number of aryl methyl sites for hydroxylation is 1. The van der Waals surface area contributed by atoms with Gasteiger partial charge in [-0.1, -0.05) is 77.4 Å². The van der Waals surface area contributed by atoms with Gasteiger partial charge in [0.25, 0.3) is 0 Å². The van der Waals surface area contributed by atoms with Crippen LogP contribution >= 0.6 is 47.0 Å². The highest BCUT2D eigenvalue weighted by Gasteiger charge is 2.39. The first-order valence-electron chi connectivity index (χ1n) is 9.70. The quantitative estimate of drug-likeness (QED) is 0.207. The lowest BCUT2D eigenvalue weighted by Crippen LogP contribution is -2.40. The molecule has 0 radical (unpaired) electrons. The van der Waals surface area contributed by atoms with Gasteiger partial charge in [0.05, 0.1) is 27.5 Å². The second-order valence-electron chi connectivity index (χ2n) is 7.33. The SMILES string of the molecule is Cc1cc(/C=C/C(c2cc(Cl)c(Cl)c(Cl)c2)C(F)(F)F)ccc1C(=S)NCC(=O)NCC(F)(F)F. The molecule has 2 aromatic rings. The van der Waals surface area contributed by atoms with Crippen molar-refractivity contribution in [2.45, 2.75) is 25.2 Å². The summed E-state index contributed by atoms with van der Waals surface area (Å²) in [5.41, 5.74) is 1.28. The minimum absolute atomic E-state index is 0.0457. The lowest BCUT2D eigenvalue weighted by Gasteiger charge is -2.18. The largest absolute Gasteiger partial charge is 0.405 e. The van der Waals surface area contributed by atoms with Gasteiger partial charge in [0.1, 0.15) is 11.5 Å². The molecule has 0 saturated carbocycles. The molecular weight excluding hydrogens is 561 g/mol. The van der Waals surface area contributed by atoms with Crippen LogP contribution in [0.1, 0.15) is 28.2 Å². The maximum absolute atomic E-state index is 13.7. The molecular formula is C22H17Cl3F6N2OS. The van der Waals surface area contributed by atoms with E-state index in [1.165, 1.54) is 18.2 Å². The third-order valence-electron chi connectivity index (χ3n) is 4.59. The maximum atomic E-state index is 13.7. The molecule has 0 aliphatic rings. The van der Waals surface area contributed by atoms with Crippen LogP contribution in [0.15, 0.2) is 36.4 Å². The first kappa shape index (κ1) is 29.2. The van der Waals surface area contributed by atoms with Crippen molar-refractivity contribution in [3.63, 3.8) is 0 Å². The molecule has 2 rings (SSSR count). The van der Waals surface area contributed by atoms with Crippen LogP contribution in [0, 0.1) is 6.92 Å². The summed E-state index contributed by atoms with van der Waals surface area (Å²) in [6.07, 6.45) is -6.95. The molecule has 35 heavy (non-hydrogen) atoms. The van der Waals surface area contributed by atoms with Crippen LogP contribution in [0.5, 0.6) is 0 Å². The van der Waals surface area contributed by atoms with Crippen LogP contribution in [0.2, 0.25) is 15.1 Å². The van der Waals surface area contributed by atoms with Crippen LogP contribution in [-0.2, 0) is 4.79 Å². The molecule has 0 aliphatic heterocycles. The second kappa shape index (κ2) is 11.8. The minimum atomic E-state index is -4.63. The minimum Gasteiger partial charge on any atom is -0.367 e. The lowest BCUT2D eigenvalue weighted by atomic mass is 9.96. The Hall–Kier alpha value is -2.01. The molecule has 0 bridgehead atoms. The highest BCUT2D eigenvalue weighted by molar-refractivity contribution is 7.80. The Labute approximate surface area is 217 Å². The molecule has 0 fully saturated rings. The molecule has 13 heteroatoms. The molecule has 1 atom stereocenters. The first-order valence-corrected chi connectivity index (χ1v) is 11.2. The van der Waals surface area contributed by atoms with Crippen molar-refractivity contribution in [1.82, 2.24) is 10.6 Å². The van der Waals surface area contributed by atoms with E-state index in [1.54, 1.807) is 18.3 Å². The fourth-order valence-electron chi connectivity index (χ4n) is 2.93. The van der Waals surface area contributed by atoms with Crippen molar-refractivity contribution >= 4 is 64.0 Å². The van der Waals surface area contributed by atoms with Gasteiger partial charge in [-0.15, -0.1) is 0 Å². The number of benzene rings is 2. The zero-order chi connectivity index (χ0) is 26.6. The molecule has 2 aromatic carbocycles. The predicted molar refractivity (Wildman–Crippen MR) is 129 cm³/mol. The van der Waals surface area contributed by atoms with Gasteiger partial charge in [-0.05, 0) is 35.7 Å². The predicted octanol–water partition coefficient (Wildman–Crippen LogP) is 7.26. The maximum Gasteiger partial charge on any atom is 0.405 e. The van der Waals surface area contributed by atoms with Gasteiger partial charge in [-0.3, -0.25) is 4.79 Å². The molecule has 1 amide bonds. The number of amides is 1. The average molecular weight is 578 g/mol. The fraction of sp³-hybridized carbons (Fsp3) is 0.273. The van der Waals surface area contributed by atoms with Gasteiger partial charge in [-0.25, -0.2) is 0 Å². The van der Waals surface area contributed by atoms with Gasteiger partial charge >= 0.3 is 12.4 Å². The standard InChI is InChI=1S/C22H17Cl3F6N2OS/c1-11-6-12(2-4-14(11)20(35)32-9-18(34)33-10-21(26,27)28)3-5-15(22(29,30)31)13-7-16(23)19(25)17(24)8-13/h2-8,15H,9-10H2,1H3,(H,32,35)(H,33,34)/b5-3+. The summed E-state index contributed by atoms with van der Waals surface area (Å²) < 4.78 is 77.6. The lowest BCUT2D eigenvalue weighted by molar-refractivity contribution is -0.139. The van der Waals surface area contributed by atoms with E-state index >= 15 is 0 Å². The van der Waals surface area contributed by atoms with E-state index in [-0.39, 0.29) is 25.6 Å². The van der Waals surface area contributed by atoms with Crippen molar-refractivity contribution in [1.29, 1.82) is 0 Å². The van der Waals surface area contributed by atoms with Gasteiger partial charge in [0.2, 0.25) is 5.91 Å². The summed E-state index contributed by atoms with van der Waals surface area (Å²) in [7, 11) is 0. The van der Waals surface area contributed by atoms with Crippen LogP contribution in [0.3, 0.4) is 0 Å². The average Bonchev–Trinajstić information content (AvgIpc) is 2.73. The monoisotopic (exact) mass is 576 g/mol. The van der Waals surface area contributed by atoms with Crippen molar-refractivity contribution in [3.8, 4) is 0 Å². The van der Waals surface area contributed by atoms with Crippen molar-refractivity contribution in [2.75, 3.05) is 13.1 Å². The van der Waals surface area contributed by atoms with Crippen LogP contribution in [0.4, 0.5) is 26.3 Å². The summed E-state index contributed by atoms with van der Waals surface area (Å²) >= 11 is 22.8. The number of carbonyl (C=O) groups excluding carboxylic acids is 1. The van der Waals surface area contributed by atoms with E-state index in [2.05, 4.69) is 5.32 Å². The normalized spacial score (nSPS) is 13.1. The first-order chi connectivity index (χ1) is 16.1. The van der Waals surface area contributed by atoms with Gasteiger partial charge < -0.3 is 10.6 Å². The Morgan fingerprint density at radius 1 is 1.03 bits per heavy atom. The number of thiocarbonyl (C=S) groups is 1. The highest BCUT2D eigenvalue weighted by Crippen LogP contribution is 2.41. The van der Waals surface area contributed by atoms with E-state index in [1.807, 2.05) is 0 Å². The molecule has 0 heterocycles. The number of carbonyl (C=O) groups is 1. The van der Waals surface area contributed by atoms with Crippen LogP contribution in [0.25, 0.3) is 6.08 Å². The van der Waals surface area contributed by atoms with E-state index in [0.717, 1.165) is 18.2 Å².